The van der Waals surface area contributed by atoms with Crippen LogP contribution in [0.15, 0.2) is 23.0 Å². The second-order valence-electron chi connectivity index (χ2n) is 8.50. The normalized spacial score (nSPS) is 20.2. The van der Waals surface area contributed by atoms with Gasteiger partial charge < -0.3 is 19.1 Å². The molecule has 0 atom stereocenters. The van der Waals surface area contributed by atoms with Crippen LogP contribution >= 0.6 is 0 Å². The van der Waals surface area contributed by atoms with Crippen LogP contribution in [-0.4, -0.2) is 72.3 Å². The molecule has 150 valence electrons. The number of nitrogens with zero attached hydrogens (tertiary/aromatic N) is 3. The monoisotopic (exact) mass is 375 g/mol. The van der Waals surface area contributed by atoms with E-state index in [0.717, 1.165) is 45.3 Å². The smallest absolute Gasteiger partial charge is 0.257 e. The highest BCUT2D eigenvalue weighted by molar-refractivity contribution is 5.94. The average Bonchev–Trinajstić information content (AvgIpc) is 3.20. The first-order valence-corrected chi connectivity index (χ1v) is 10.3. The summed E-state index contributed by atoms with van der Waals surface area (Å²) in [6.45, 7) is 8.60. The predicted octanol–water partition coefficient (Wildman–Crippen LogP) is 2.71. The predicted molar refractivity (Wildman–Crippen MR) is 104 cm³/mol. The summed E-state index contributed by atoms with van der Waals surface area (Å²) >= 11 is 0. The van der Waals surface area contributed by atoms with Crippen LogP contribution in [-0.2, 0) is 4.79 Å². The molecule has 2 aliphatic heterocycles. The maximum absolute atomic E-state index is 13.3. The Morgan fingerprint density at radius 1 is 1.15 bits per heavy atom. The molecule has 2 amide bonds. The zero-order valence-corrected chi connectivity index (χ0v) is 16.9. The first-order chi connectivity index (χ1) is 13.0. The van der Waals surface area contributed by atoms with E-state index in [0.29, 0.717) is 36.5 Å². The van der Waals surface area contributed by atoms with Crippen LogP contribution in [0.2, 0.25) is 0 Å². The van der Waals surface area contributed by atoms with Gasteiger partial charge in [0.25, 0.3) is 5.91 Å². The van der Waals surface area contributed by atoms with Crippen molar-refractivity contribution in [2.45, 2.75) is 45.6 Å². The van der Waals surface area contributed by atoms with Gasteiger partial charge in [0.2, 0.25) is 5.91 Å². The molecule has 27 heavy (non-hydrogen) atoms. The Morgan fingerprint density at radius 3 is 2.37 bits per heavy atom. The van der Waals surface area contributed by atoms with Crippen LogP contribution in [0.25, 0.3) is 0 Å². The van der Waals surface area contributed by atoms with E-state index in [-0.39, 0.29) is 11.8 Å². The van der Waals surface area contributed by atoms with Gasteiger partial charge >= 0.3 is 0 Å². The molecule has 0 spiro atoms. The standard InChI is InChI=1S/C21H33N3O3/c1-16(2)14-24(19-6-9-22(3)10-7-19)21(26)17-4-11-23(12-5-17)20(25)18-8-13-27-15-18/h8,13,15-17,19H,4-7,9-12,14H2,1-3H3. The van der Waals surface area contributed by atoms with Crippen molar-refractivity contribution in [1.82, 2.24) is 14.7 Å². The molecule has 0 radical (unpaired) electrons. The fraction of sp³-hybridized carbons (Fsp3) is 0.714. The van der Waals surface area contributed by atoms with Gasteiger partial charge in [-0.3, -0.25) is 9.59 Å². The Bertz CT molecular complexity index is 613. The summed E-state index contributed by atoms with van der Waals surface area (Å²) in [4.78, 5) is 32.1. The third kappa shape index (κ3) is 4.92. The molecule has 0 unspecified atom stereocenters. The second-order valence-corrected chi connectivity index (χ2v) is 8.50. The number of hydrogen-bond donors (Lipinski definition) is 0. The van der Waals surface area contributed by atoms with Crippen molar-refractivity contribution in [3.8, 4) is 0 Å². The SMILES string of the molecule is CC(C)CN(C(=O)C1CCN(C(=O)c2ccoc2)CC1)C1CCN(C)CC1. The number of furan rings is 1. The molecule has 3 rings (SSSR count). The molecule has 6 nitrogen and oxygen atoms in total. The van der Waals surface area contributed by atoms with Crippen molar-refractivity contribution < 1.29 is 14.0 Å². The van der Waals surface area contributed by atoms with E-state index in [2.05, 4.69) is 30.7 Å². The first kappa shape index (κ1) is 19.9. The lowest BCUT2D eigenvalue weighted by molar-refractivity contribution is -0.141. The van der Waals surface area contributed by atoms with Crippen molar-refractivity contribution in [1.29, 1.82) is 0 Å². The molecule has 1 aromatic rings. The second kappa shape index (κ2) is 8.91. The molecule has 3 heterocycles. The van der Waals surface area contributed by atoms with Gasteiger partial charge in [0.05, 0.1) is 11.8 Å². The van der Waals surface area contributed by atoms with Crippen LogP contribution in [0.3, 0.4) is 0 Å². The average molecular weight is 376 g/mol. The Morgan fingerprint density at radius 2 is 1.81 bits per heavy atom. The number of piperidine rings is 2. The fourth-order valence-corrected chi connectivity index (χ4v) is 4.25. The first-order valence-electron chi connectivity index (χ1n) is 10.3. The highest BCUT2D eigenvalue weighted by atomic mass is 16.3. The molecule has 0 N–H and O–H groups in total. The Balaban J connectivity index is 1.59. The topological polar surface area (TPSA) is 57.0 Å². The summed E-state index contributed by atoms with van der Waals surface area (Å²) in [5.74, 6) is 0.811. The highest BCUT2D eigenvalue weighted by Crippen LogP contribution is 2.25. The van der Waals surface area contributed by atoms with Gasteiger partial charge in [0, 0.05) is 31.6 Å². The van der Waals surface area contributed by atoms with Crippen LogP contribution < -0.4 is 0 Å². The Hall–Kier alpha value is -1.82. The molecular weight excluding hydrogens is 342 g/mol. The van der Waals surface area contributed by atoms with Crippen LogP contribution in [0, 0.1) is 11.8 Å². The minimum Gasteiger partial charge on any atom is -0.472 e. The van der Waals surface area contributed by atoms with Crippen LogP contribution in [0.5, 0.6) is 0 Å². The Kier molecular flexibility index (Phi) is 6.58. The van der Waals surface area contributed by atoms with E-state index in [9.17, 15) is 9.59 Å². The summed E-state index contributed by atoms with van der Waals surface area (Å²) in [6, 6.07) is 2.06. The maximum Gasteiger partial charge on any atom is 0.257 e. The van der Waals surface area contributed by atoms with Crippen molar-refractivity contribution >= 4 is 11.8 Å². The maximum atomic E-state index is 13.3. The van der Waals surface area contributed by atoms with Gasteiger partial charge in [-0.2, -0.15) is 0 Å². The van der Waals surface area contributed by atoms with E-state index in [4.69, 9.17) is 4.42 Å². The van der Waals surface area contributed by atoms with E-state index >= 15 is 0 Å². The number of likely N-dealkylation sites (tertiary alicyclic amines) is 2. The molecule has 6 heteroatoms. The van der Waals surface area contributed by atoms with Crippen molar-refractivity contribution in [2.24, 2.45) is 11.8 Å². The summed E-state index contributed by atoms with van der Waals surface area (Å²) in [5, 5.41) is 0. The molecule has 2 fully saturated rings. The fourth-order valence-electron chi connectivity index (χ4n) is 4.25. The third-order valence-electron chi connectivity index (χ3n) is 5.87. The zero-order chi connectivity index (χ0) is 19.4. The molecule has 0 aromatic carbocycles. The van der Waals surface area contributed by atoms with Gasteiger partial charge in [0.1, 0.15) is 6.26 Å². The highest BCUT2D eigenvalue weighted by Gasteiger charge is 2.34. The number of carbonyl (C=O) groups is 2. The van der Waals surface area contributed by atoms with Crippen molar-refractivity contribution in [3.05, 3.63) is 24.2 Å². The summed E-state index contributed by atoms with van der Waals surface area (Å²) < 4.78 is 5.02. The molecule has 0 saturated carbocycles. The zero-order valence-electron chi connectivity index (χ0n) is 16.9. The van der Waals surface area contributed by atoms with Gasteiger partial charge in [-0.1, -0.05) is 13.8 Å². The van der Waals surface area contributed by atoms with Gasteiger partial charge in [-0.25, -0.2) is 0 Å². The third-order valence-corrected chi connectivity index (χ3v) is 5.87. The van der Waals surface area contributed by atoms with E-state index in [1.54, 1.807) is 6.07 Å². The van der Waals surface area contributed by atoms with Crippen molar-refractivity contribution in [3.63, 3.8) is 0 Å². The van der Waals surface area contributed by atoms with E-state index in [1.165, 1.54) is 12.5 Å². The number of carbonyl (C=O) groups excluding carboxylic acids is 2. The van der Waals surface area contributed by atoms with Crippen molar-refractivity contribution in [2.75, 3.05) is 39.8 Å². The van der Waals surface area contributed by atoms with Gasteiger partial charge in [-0.15, -0.1) is 0 Å². The minimum absolute atomic E-state index is 0.00371. The Labute approximate surface area is 162 Å². The lowest BCUT2D eigenvalue weighted by Gasteiger charge is -2.41. The molecule has 0 bridgehead atoms. The van der Waals surface area contributed by atoms with Gasteiger partial charge in [0.15, 0.2) is 0 Å². The van der Waals surface area contributed by atoms with Crippen LogP contribution in [0.4, 0.5) is 0 Å². The lowest BCUT2D eigenvalue weighted by atomic mass is 9.92. The lowest BCUT2D eigenvalue weighted by Crippen LogP contribution is -2.51. The van der Waals surface area contributed by atoms with E-state index < -0.39 is 0 Å². The molecule has 2 aliphatic rings. The molecular formula is C21H33N3O3. The molecule has 1 aromatic heterocycles. The number of hydrogen-bond acceptors (Lipinski definition) is 4. The largest absolute Gasteiger partial charge is 0.472 e. The summed E-state index contributed by atoms with van der Waals surface area (Å²) in [6.07, 6.45) is 6.64. The quantitative estimate of drug-likeness (QED) is 0.794. The van der Waals surface area contributed by atoms with Crippen LogP contribution in [0.1, 0.15) is 49.9 Å². The van der Waals surface area contributed by atoms with E-state index in [1.807, 2.05) is 4.90 Å². The molecule has 0 aliphatic carbocycles. The van der Waals surface area contributed by atoms with Gasteiger partial charge in [-0.05, 0) is 57.8 Å². The minimum atomic E-state index is 0.00371. The molecule has 2 saturated heterocycles. The summed E-state index contributed by atoms with van der Waals surface area (Å²) in [5.41, 5.74) is 0.590. The summed E-state index contributed by atoms with van der Waals surface area (Å²) in [7, 11) is 2.15. The number of amides is 2. The number of rotatable bonds is 5.